The number of methoxy groups -OCH3 is 1. The second-order valence-electron chi connectivity index (χ2n) is 39.6. The van der Waals surface area contributed by atoms with E-state index in [9.17, 15) is 42.6 Å². The molecule has 8 unspecified atom stereocenters. The lowest BCUT2D eigenvalue weighted by atomic mass is 9.59. The van der Waals surface area contributed by atoms with E-state index in [2.05, 4.69) is 79.7 Å². The first-order chi connectivity index (χ1) is 68.2. The Morgan fingerprint density at radius 2 is 0.938 bits per heavy atom. The average Bonchev–Trinajstić information content (AvgIpc) is 1.09. The van der Waals surface area contributed by atoms with Crippen LogP contribution in [0.3, 0.4) is 0 Å². The van der Waals surface area contributed by atoms with Gasteiger partial charge in [-0.25, -0.2) is 31.9 Å². The van der Waals surface area contributed by atoms with E-state index in [0.29, 0.717) is 75.5 Å². The summed E-state index contributed by atoms with van der Waals surface area (Å²) < 4.78 is 104. The Balaban J connectivity index is 0.00000134. The second-order valence-corrected chi connectivity index (χ2v) is 42.2. The zero-order valence-electron chi connectivity index (χ0n) is 87.4. The topological polar surface area (TPSA) is 499 Å². The van der Waals surface area contributed by atoms with Gasteiger partial charge >= 0.3 is 29.8 Å². The standard InChI is InChI=1S/C83H129Cl2N17O20S.C16H27NO4/c1-14-16-17-18-19-20-21-22-29-99-53-70(89-93-99)119-75(106)79(4,5)57-81(7,76(107)120-71-54-100(94-90-71)31-27-86-69(104)26-30-97(10)11)59-83(9,78(109)122-73-56-102(96-92-73)33-36-115-41-44-118-46-45-116-38-37-112-13)60-82(8,58-80(6,15-2)74(105)87-50-61(3)103)77(108)121-72-55-101(95-91-72)32-35-114-40-43-117-42-39-113-34-28-88-123(110,111)64-25-23-24-62(47-64)66-51-98(12)52-67-65(66)48-63(84)49-68(67)85;1-7-9-21-14(20)15(4,5)11-16(6,8-2)13(19)17-10-12(3)18/h23-25,47-49,53-56,61,66,88,103H,14-22,26-46,50-52,57-60H2,1-13H3,(H,86,104)(H,87,105);1,12,18H,8-11H2,2-6H3,(H,17,19). The molecule has 0 fully saturated rings. The Kier molecular flexibility index (Phi) is 52.3. The van der Waals surface area contributed by atoms with Crippen LogP contribution in [0.25, 0.3) is 0 Å². The SMILES string of the molecule is C#CCOC(=O)C(C)(C)CC(C)(CC)C(=O)NCC(C)O.CCCCCCCCCCn1cc(OC(=O)C(C)(C)CC(C)(CC(C)(CC(C)(CC(C)(CC)C(=O)NCC(C)O)C(=O)Oc2cn(CCOCCOCCOCCNS(=O)(=O)c3cccc(C4CN(C)Cc5c(Cl)cc(Cl)cc54)c3)nn2)C(=O)Oc2cn(CCOCCOCCOCCOC)nn2)C(=O)Oc2cn(CCNC(=O)CCN(C)C)nn2)nn1. The minimum Gasteiger partial charge on any atom is -0.452 e. The van der Waals surface area contributed by atoms with Crippen molar-refractivity contribution in [1.29, 1.82) is 0 Å². The average molecular weight is 2090 g/mol. The van der Waals surface area contributed by atoms with Gasteiger partial charge in [0.25, 0.3) is 23.5 Å². The molecule has 806 valence electrons. The molecular formula is C99H156Cl2N18O24S. The molecule has 0 radical (unpaired) electrons. The molecule has 0 aliphatic carbocycles. The highest BCUT2D eigenvalue weighted by atomic mass is 35.5. The minimum atomic E-state index is -3.89. The largest absolute Gasteiger partial charge is 0.452 e. The number of aliphatic hydroxyl groups is 2. The lowest BCUT2D eigenvalue weighted by Crippen LogP contribution is -2.51. The predicted molar refractivity (Wildman–Crippen MR) is 535 cm³/mol. The van der Waals surface area contributed by atoms with Crippen LogP contribution in [-0.4, -0.2) is 308 Å². The number of nitrogens with one attached hydrogen (secondary N) is 4. The zero-order valence-corrected chi connectivity index (χ0v) is 89.7. The fourth-order valence-electron chi connectivity index (χ4n) is 16.9. The molecule has 6 N–H and O–H groups in total. The van der Waals surface area contributed by atoms with Crippen LogP contribution in [0.15, 0.2) is 66.1 Å². The summed E-state index contributed by atoms with van der Waals surface area (Å²) in [7, 11) is 3.40. The van der Waals surface area contributed by atoms with Crippen LogP contribution in [0.1, 0.15) is 222 Å². The first kappa shape index (κ1) is 123. The molecule has 0 saturated heterocycles. The van der Waals surface area contributed by atoms with Crippen LogP contribution in [0.2, 0.25) is 10.0 Å². The monoisotopic (exact) mass is 2080 g/mol. The number of nitrogens with zero attached hydrogens (tertiary/aromatic N) is 14. The predicted octanol–water partition coefficient (Wildman–Crippen LogP) is 9.60. The van der Waals surface area contributed by atoms with Gasteiger partial charge in [-0.3, -0.25) is 38.4 Å². The van der Waals surface area contributed by atoms with Crippen LogP contribution in [0.5, 0.6) is 23.5 Å². The summed E-state index contributed by atoms with van der Waals surface area (Å²) in [6.07, 6.45) is 17.3. The maximum Gasteiger partial charge on any atom is 0.318 e. The summed E-state index contributed by atoms with van der Waals surface area (Å²) in [6, 6.07) is 10.4. The zero-order chi connectivity index (χ0) is 106. The minimum absolute atomic E-state index is 0.0146. The normalized spacial score (nSPS) is 15.5. The third-order valence-electron chi connectivity index (χ3n) is 24.6. The van der Waals surface area contributed by atoms with Gasteiger partial charge in [0.2, 0.25) is 27.7 Å². The molecule has 6 aromatic rings. The highest BCUT2D eigenvalue weighted by Gasteiger charge is 2.57. The van der Waals surface area contributed by atoms with Gasteiger partial charge < -0.3 is 92.8 Å². The molecule has 144 heavy (non-hydrogen) atoms. The van der Waals surface area contributed by atoms with Crippen LogP contribution in [0, 0.1) is 50.2 Å². The van der Waals surface area contributed by atoms with E-state index in [0.717, 1.165) is 42.4 Å². The third-order valence-corrected chi connectivity index (χ3v) is 26.7. The molecule has 42 nitrogen and oxygen atoms in total. The molecule has 7 rings (SSSR count). The number of aromatic nitrogens is 12. The Hall–Kier alpha value is -9.63. The Morgan fingerprint density at radius 1 is 0.521 bits per heavy atom. The van der Waals surface area contributed by atoms with E-state index >= 15 is 14.4 Å². The first-order valence-corrected chi connectivity index (χ1v) is 51.6. The van der Waals surface area contributed by atoms with Crippen molar-refractivity contribution < 1.29 is 114 Å². The van der Waals surface area contributed by atoms with Crippen molar-refractivity contribution in [1.82, 2.24) is 90.4 Å². The number of carbonyl (C=O) groups is 8. The van der Waals surface area contributed by atoms with Crippen LogP contribution in [0.4, 0.5) is 0 Å². The quantitative estimate of drug-likeness (QED) is 0.0117. The van der Waals surface area contributed by atoms with Crippen molar-refractivity contribution >= 4 is 80.8 Å². The molecule has 45 heteroatoms. The fraction of sp³-hybridized carbons (Fsp3) is 0.697. The number of terminal acetylenes is 1. The van der Waals surface area contributed by atoms with Crippen LogP contribution >= 0.6 is 23.2 Å². The number of aryl methyl sites for hydroxylation is 1. The molecule has 1 aliphatic heterocycles. The van der Waals surface area contributed by atoms with E-state index in [1.54, 1.807) is 91.4 Å². The van der Waals surface area contributed by atoms with E-state index in [4.69, 9.17) is 86.5 Å². The third kappa shape index (κ3) is 42.3. The molecule has 8 atom stereocenters. The summed E-state index contributed by atoms with van der Waals surface area (Å²) in [5.41, 5.74) is -7.82. The molecule has 0 bridgehead atoms. The number of rotatable bonds is 70. The van der Waals surface area contributed by atoms with E-state index in [1.807, 2.05) is 45.1 Å². The molecule has 1 aliphatic rings. The summed E-state index contributed by atoms with van der Waals surface area (Å²) in [5, 5.41) is 62.5. The fourth-order valence-corrected chi connectivity index (χ4v) is 18.5. The number of fused-ring (bicyclic) bond motifs is 1. The highest BCUT2D eigenvalue weighted by Crippen LogP contribution is 2.53. The number of hydrogen-bond acceptors (Lipinski definition) is 34. The summed E-state index contributed by atoms with van der Waals surface area (Å²) in [4.78, 5) is 118. The smallest absolute Gasteiger partial charge is 0.318 e. The number of hydrogen-bond donors (Lipinski definition) is 6. The molecule has 2 aromatic carbocycles. The molecule has 5 heterocycles. The van der Waals surface area contributed by atoms with Crippen LogP contribution < -0.4 is 39.6 Å². The van der Waals surface area contributed by atoms with Gasteiger partial charge in [0.05, 0.1) is 174 Å². The molecule has 4 aromatic heterocycles. The van der Waals surface area contributed by atoms with Crippen LogP contribution in [-0.2, 0) is 119 Å². The highest BCUT2D eigenvalue weighted by molar-refractivity contribution is 7.89. The maximum absolute atomic E-state index is 15.9. The van der Waals surface area contributed by atoms with Crippen molar-refractivity contribution in [2.75, 3.05) is 160 Å². The second kappa shape index (κ2) is 61.2. The van der Waals surface area contributed by atoms with Crippen molar-refractivity contribution in [3.8, 4) is 35.9 Å². The van der Waals surface area contributed by atoms with E-state index in [1.165, 1.54) is 92.2 Å². The van der Waals surface area contributed by atoms with Gasteiger partial charge in [-0.1, -0.05) is 162 Å². The van der Waals surface area contributed by atoms with Gasteiger partial charge in [0.1, 0.15) is 0 Å². The van der Waals surface area contributed by atoms with Gasteiger partial charge in [0, 0.05) is 92.7 Å². The summed E-state index contributed by atoms with van der Waals surface area (Å²) in [5.74, 6) is -3.95. The van der Waals surface area contributed by atoms with Crippen molar-refractivity contribution in [2.45, 2.75) is 255 Å². The number of esters is 5. The molecular weight excluding hydrogens is 1930 g/mol. The number of sulfonamides is 1. The van der Waals surface area contributed by atoms with E-state index < -0.39 is 115 Å². The maximum atomic E-state index is 15.9. The van der Waals surface area contributed by atoms with Crippen molar-refractivity contribution in [2.24, 2.45) is 37.9 Å². The number of aliphatic hydroxyl groups excluding tert-OH is 2. The summed E-state index contributed by atoms with van der Waals surface area (Å²) in [6.45, 7) is 29.6. The van der Waals surface area contributed by atoms with E-state index in [-0.39, 0.29) is 177 Å². The number of halogens is 2. The van der Waals surface area contributed by atoms with Gasteiger partial charge in [-0.05, 0) is 176 Å². The number of unbranched alkanes of at least 4 members (excludes halogenated alkanes) is 7. The van der Waals surface area contributed by atoms with Gasteiger partial charge in [-0.15, -0.1) is 6.42 Å². The number of carbonyl (C=O) groups excluding carboxylic acids is 8. The molecule has 0 saturated carbocycles. The Labute approximate surface area is 857 Å². The van der Waals surface area contributed by atoms with Crippen molar-refractivity contribution in [3.63, 3.8) is 0 Å². The summed E-state index contributed by atoms with van der Waals surface area (Å²) >= 11 is 13.0. The lowest BCUT2D eigenvalue weighted by Gasteiger charge is -2.44. The molecule has 3 amide bonds. The number of benzene rings is 2. The molecule has 0 spiro atoms. The van der Waals surface area contributed by atoms with Gasteiger partial charge in [0.15, 0.2) is 6.61 Å². The van der Waals surface area contributed by atoms with Gasteiger partial charge in [-0.2, -0.15) is 0 Å². The van der Waals surface area contributed by atoms with Crippen molar-refractivity contribution in [3.05, 3.63) is 87.9 Å². The number of amides is 3. The number of likely N-dealkylation sites (N-methyl/N-ethyl adjacent to an activating group) is 1. The first-order valence-electron chi connectivity index (χ1n) is 49.4. The number of ether oxygens (including phenoxy) is 12. The Bertz CT molecular complexity index is 5130. The lowest BCUT2D eigenvalue weighted by molar-refractivity contribution is -0.163. The Morgan fingerprint density at radius 3 is 1.40 bits per heavy atom.